The fourth-order valence-corrected chi connectivity index (χ4v) is 1.95. The SMILES string of the molecule is O=C=NCc1ccc(Br)c2c1OCCCO2. The van der Waals surface area contributed by atoms with Gasteiger partial charge in [0, 0.05) is 12.0 Å². The van der Waals surface area contributed by atoms with Crippen LogP contribution in [0.1, 0.15) is 12.0 Å². The van der Waals surface area contributed by atoms with Crippen LogP contribution < -0.4 is 9.47 Å². The molecule has 0 N–H and O–H groups in total. The van der Waals surface area contributed by atoms with Gasteiger partial charge in [-0.1, -0.05) is 6.07 Å². The monoisotopic (exact) mass is 283 g/mol. The third kappa shape index (κ3) is 2.26. The highest BCUT2D eigenvalue weighted by Crippen LogP contribution is 2.39. The van der Waals surface area contributed by atoms with Gasteiger partial charge in [-0.25, -0.2) is 9.79 Å². The molecule has 0 bridgehead atoms. The van der Waals surface area contributed by atoms with Gasteiger partial charge in [-0.05, 0) is 22.0 Å². The average Bonchev–Trinajstić information content (AvgIpc) is 2.54. The zero-order chi connectivity index (χ0) is 11.4. The summed E-state index contributed by atoms with van der Waals surface area (Å²) in [4.78, 5) is 13.7. The Labute approximate surface area is 101 Å². The standard InChI is InChI=1S/C11H10BrNO3/c12-9-3-2-8(6-13-7-14)10-11(9)16-5-1-4-15-10/h2-3H,1,4-6H2. The molecule has 84 valence electrons. The van der Waals surface area contributed by atoms with Gasteiger partial charge in [0.05, 0.1) is 24.2 Å². The lowest BCUT2D eigenvalue weighted by Gasteiger charge is -2.12. The van der Waals surface area contributed by atoms with Crippen molar-refractivity contribution < 1.29 is 14.3 Å². The van der Waals surface area contributed by atoms with Gasteiger partial charge in [-0.3, -0.25) is 0 Å². The van der Waals surface area contributed by atoms with E-state index in [1.54, 1.807) is 0 Å². The molecule has 0 radical (unpaired) electrons. The Kier molecular flexibility index (Phi) is 3.59. The second-order valence-corrected chi connectivity index (χ2v) is 4.18. The molecule has 1 aliphatic rings. The quantitative estimate of drug-likeness (QED) is 0.619. The number of rotatable bonds is 2. The van der Waals surface area contributed by atoms with E-state index < -0.39 is 0 Å². The molecule has 0 unspecified atom stereocenters. The minimum atomic E-state index is 0.266. The summed E-state index contributed by atoms with van der Waals surface area (Å²) in [5, 5.41) is 0. The fourth-order valence-electron chi connectivity index (χ4n) is 1.52. The molecule has 1 aromatic rings. The number of carbonyl (C=O) groups excluding carboxylic acids is 1. The molecular formula is C11H10BrNO3. The number of isocyanates is 1. The first-order chi connectivity index (χ1) is 7.83. The number of nitrogens with zero attached hydrogens (tertiary/aromatic N) is 1. The molecule has 0 aromatic heterocycles. The molecule has 0 saturated heterocycles. The first kappa shape index (κ1) is 11.2. The van der Waals surface area contributed by atoms with Gasteiger partial charge in [-0.2, -0.15) is 0 Å². The number of benzene rings is 1. The summed E-state index contributed by atoms with van der Waals surface area (Å²) in [7, 11) is 0. The topological polar surface area (TPSA) is 47.9 Å². The molecule has 1 aromatic carbocycles. The Morgan fingerprint density at radius 1 is 1.31 bits per heavy atom. The third-order valence-corrected chi connectivity index (χ3v) is 2.87. The number of ether oxygens (including phenoxy) is 2. The summed E-state index contributed by atoms with van der Waals surface area (Å²) >= 11 is 3.41. The minimum Gasteiger partial charge on any atom is -0.489 e. The lowest BCUT2D eigenvalue weighted by Crippen LogP contribution is -1.98. The summed E-state index contributed by atoms with van der Waals surface area (Å²) in [5.74, 6) is 1.36. The van der Waals surface area contributed by atoms with Crippen molar-refractivity contribution in [3.63, 3.8) is 0 Å². The fraction of sp³-hybridized carbons (Fsp3) is 0.364. The van der Waals surface area contributed by atoms with E-state index in [4.69, 9.17) is 9.47 Å². The predicted molar refractivity (Wildman–Crippen MR) is 61.6 cm³/mol. The molecule has 0 saturated carbocycles. The Morgan fingerprint density at radius 2 is 2.06 bits per heavy atom. The van der Waals surface area contributed by atoms with Crippen LogP contribution in [0.4, 0.5) is 0 Å². The van der Waals surface area contributed by atoms with E-state index in [2.05, 4.69) is 20.9 Å². The largest absolute Gasteiger partial charge is 0.489 e. The van der Waals surface area contributed by atoms with E-state index in [0.717, 1.165) is 16.5 Å². The van der Waals surface area contributed by atoms with Crippen molar-refractivity contribution >= 4 is 22.0 Å². The molecule has 16 heavy (non-hydrogen) atoms. The first-order valence-corrected chi connectivity index (χ1v) is 5.73. The first-order valence-electron chi connectivity index (χ1n) is 4.93. The highest BCUT2D eigenvalue weighted by molar-refractivity contribution is 9.10. The Bertz CT molecular complexity index is 441. The molecule has 0 amide bonds. The van der Waals surface area contributed by atoms with Gasteiger partial charge in [0.15, 0.2) is 11.5 Å². The maximum Gasteiger partial charge on any atom is 0.235 e. The molecule has 4 nitrogen and oxygen atoms in total. The van der Waals surface area contributed by atoms with Gasteiger partial charge < -0.3 is 9.47 Å². The van der Waals surface area contributed by atoms with E-state index in [0.29, 0.717) is 24.7 Å². The van der Waals surface area contributed by atoms with Crippen LogP contribution >= 0.6 is 15.9 Å². The van der Waals surface area contributed by atoms with E-state index in [-0.39, 0.29) is 6.54 Å². The van der Waals surface area contributed by atoms with Crippen molar-refractivity contribution in [1.29, 1.82) is 0 Å². The Balaban J connectivity index is 2.42. The number of hydrogen-bond acceptors (Lipinski definition) is 4. The second-order valence-electron chi connectivity index (χ2n) is 3.32. The van der Waals surface area contributed by atoms with Crippen LogP contribution in [-0.2, 0) is 11.3 Å². The van der Waals surface area contributed by atoms with Crippen LogP contribution in [0.15, 0.2) is 21.6 Å². The summed E-state index contributed by atoms with van der Waals surface area (Å²) in [6.45, 7) is 1.51. The second kappa shape index (κ2) is 5.14. The normalized spacial score (nSPS) is 13.8. The van der Waals surface area contributed by atoms with Gasteiger partial charge in [0.2, 0.25) is 6.08 Å². The zero-order valence-electron chi connectivity index (χ0n) is 8.53. The van der Waals surface area contributed by atoms with Crippen LogP contribution in [0.3, 0.4) is 0 Å². The molecule has 1 aliphatic heterocycles. The number of aliphatic imine (C=N–C) groups is 1. The third-order valence-electron chi connectivity index (χ3n) is 2.24. The minimum absolute atomic E-state index is 0.266. The molecule has 0 atom stereocenters. The Hall–Kier alpha value is -1.32. The molecule has 0 aliphatic carbocycles. The number of halogens is 1. The maximum absolute atomic E-state index is 10.1. The van der Waals surface area contributed by atoms with Crippen molar-refractivity contribution in [2.24, 2.45) is 4.99 Å². The number of hydrogen-bond donors (Lipinski definition) is 0. The lowest BCUT2D eigenvalue weighted by molar-refractivity contribution is 0.295. The number of fused-ring (bicyclic) bond motifs is 1. The van der Waals surface area contributed by atoms with Crippen LogP contribution in [0.5, 0.6) is 11.5 Å². The van der Waals surface area contributed by atoms with Gasteiger partial charge in [-0.15, -0.1) is 0 Å². The van der Waals surface area contributed by atoms with E-state index in [1.807, 2.05) is 12.1 Å². The molecular weight excluding hydrogens is 274 g/mol. The molecule has 0 spiro atoms. The van der Waals surface area contributed by atoms with Crippen molar-refractivity contribution in [1.82, 2.24) is 0 Å². The van der Waals surface area contributed by atoms with E-state index >= 15 is 0 Å². The lowest BCUT2D eigenvalue weighted by atomic mass is 10.2. The highest BCUT2D eigenvalue weighted by Gasteiger charge is 2.17. The molecule has 2 rings (SSSR count). The zero-order valence-corrected chi connectivity index (χ0v) is 10.1. The van der Waals surface area contributed by atoms with Gasteiger partial charge >= 0.3 is 0 Å². The Morgan fingerprint density at radius 3 is 2.81 bits per heavy atom. The predicted octanol–water partition coefficient (Wildman–Crippen LogP) is 2.45. The van der Waals surface area contributed by atoms with E-state index in [9.17, 15) is 4.79 Å². The summed E-state index contributed by atoms with van der Waals surface area (Å²) < 4.78 is 12.1. The maximum atomic E-state index is 10.1. The van der Waals surface area contributed by atoms with Gasteiger partial charge in [0.1, 0.15) is 0 Å². The molecule has 1 heterocycles. The molecule has 5 heteroatoms. The van der Waals surface area contributed by atoms with Gasteiger partial charge in [0.25, 0.3) is 0 Å². The van der Waals surface area contributed by atoms with Crippen molar-refractivity contribution in [3.8, 4) is 11.5 Å². The summed E-state index contributed by atoms with van der Waals surface area (Å²) in [6.07, 6.45) is 2.36. The van der Waals surface area contributed by atoms with Crippen LogP contribution in [0.25, 0.3) is 0 Å². The van der Waals surface area contributed by atoms with Crippen molar-refractivity contribution in [2.75, 3.05) is 13.2 Å². The highest BCUT2D eigenvalue weighted by atomic mass is 79.9. The average molecular weight is 284 g/mol. The summed E-state index contributed by atoms with van der Waals surface area (Å²) in [6, 6.07) is 3.72. The van der Waals surface area contributed by atoms with Crippen molar-refractivity contribution in [3.05, 3.63) is 22.2 Å². The van der Waals surface area contributed by atoms with Crippen LogP contribution in [0, 0.1) is 0 Å². The van der Waals surface area contributed by atoms with Crippen LogP contribution in [0.2, 0.25) is 0 Å². The van der Waals surface area contributed by atoms with Crippen LogP contribution in [-0.4, -0.2) is 19.3 Å². The smallest absolute Gasteiger partial charge is 0.235 e. The summed E-state index contributed by atoms with van der Waals surface area (Å²) in [5.41, 5.74) is 0.837. The molecule has 0 fully saturated rings. The van der Waals surface area contributed by atoms with E-state index in [1.165, 1.54) is 6.08 Å². The van der Waals surface area contributed by atoms with Crippen molar-refractivity contribution in [2.45, 2.75) is 13.0 Å².